The fourth-order valence-electron chi connectivity index (χ4n) is 3.47. The van der Waals surface area contributed by atoms with Crippen molar-refractivity contribution in [2.24, 2.45) is 0 Å². The number of hydrogen-bond donors (Lipinski definition) is 0. The van der Waals surface area contributed by atoms with Crippen molar-refractivity contribution >= 4 is 46.9 Å². The molecule has 0 spiro atoms. The first-order chi connectivity index (χ1) is 13.9. The lowest BCUT2D eigenvalue weighted by Gasteiger charge is -2.24. The number of amides is 3. The molecule has 0 aliphatic carbocycles. The van der Waals surface area contributed by atoms with E-state index in [1.54, 1.807) is 18.2 Å². The van der Waals surface area contributed by atoms with Crippen molar-refractivity contribution in [3.05, 3.63) is 69.2 Å². The summed E-state index contributed by atoms with van der Waals surface area (Å²) in [5, 5.41) is 0.987. The first-order valence-corrected chi connectivity index (χ1v) is 9.59. The molecule has 3 amide bonds. The van der Waals surface area contributed by atoms with Crippen LogP contribution in [0.2, 0.25) is 10.0 Å². The molecule has 4 rings (SSSR count). The van der Waals surface area contributed by atoms with Gasteiger partial charge in [0.05, 0.1) is 21.7 Å². The maximum Gasteiger partial charge on any atom is 0.355 e. The van der Waals surface area contributed by atoms with E-state index in [4.69, 9.17) is 28.0 Å². The van der Waals surface area contributed by atoms with Gasteiger partial charge in [0.25, 0.3) is 17.7 Å². The van der Waals surface area contributed by atoms with E-state index in [2.05, 4.69) is 0 Å². The molecule has 2 aliphatic rings. The zero-order valence-electron chi connectivity index (χ0n) is 14.9. The van der Waals surface area contributed by atoms with Crippen LogP contribution >= 0.6 is 23.2 Å². The van der Waals surface area contributed by atoms with Crippen molar-refractivity contribution < 1.29 is 24.0 Å². The Bertz CT molecular complexity index is 1020. The Morgan fingerprint density at radius 2 is 1.66 bits per heavy atom. The average molecular weight is 433 g/mol. The van der Waals surface area contributed by atoms with Crippen LogP contribution in [0.1, 0.15) is 43.9 Å². The lowest BCUT2D eigenvalue weighted by molar-refractivity contribution is -0.173. The van der Waals surface area contributed by atoms with Crippen LogP contribution in [0.4, 0.5) is 0 Å². The Morgan fingerprint density at radius 3 is 2.31 bits per heavy atom. The van der Waals surface area contributed by atoms with Gasteiger partial charge in [-0.3, -0.25) is 14.4 Å². The molecule has 1 atom stereocenters. The monoisotopic (exact) mass is 432 g/mol. The zero-order valence-corrected chi connectivity index (χ0v) is 16.4. The molecule has 148 valence electrons. The van der Waals surface area contributed by atoms with Crippen LogP contribution in [-0.2, 0) is 9.63 Å². The highest BCUT2D eigenvalue weighted by Crippen LogP contribution is 2.28. The molecule has 2 aromatic carbocycles. The Kier molecular flexibility index (Phi) is 5.02. The molecular formula is C20H14Cl2N2O5. The van der Waals surface area contributed by atoms with Crippen LogP contribution in [0.25, 0.3) is 0 Å². The highest BCUT2D eigenvalue weighted by molar-refractivity contribution is 6.35. The first-order valence-electron chi connectivity index (χ1n) is 8.84. The Hall–Kier alpha value is -2.90. The van der Waals surface area contributed by atoms with Gasteiger partial charge < -0.3 is 9.74 Å². The summed E-state index contributed by atoms with van der Waals surface area (Å²) in [6.45, 7) is 0.309. The summed E-state index contributed by atoms with van der Waals surface area (Å²) in [7, 11) is 0. The van der Waals surface area contributed by atoms with Gasteiger partial charge in [0.2, 0.25) is 0 Å². The summed E-state index contributed by atoms with van der Waals surface area (Å²) >= 11 is 12.1. The summed E-state index contributed by atoms with van der Waals surface area (Å²) in [6.07, 6.45) is 0.901. The molecule has 0 N–H and O–H groups in total. The first kappa shape index (κ1) is 19.4. The second-order valence-corrected chi connectivity index (χ2v) is 7.48. The Morgan fingerprint density at radius 1 is 1.00 bits per heavy atom. The summed E-state index contributed by atoms with van der Waals surface area (Å²) in [4.78, 5) is 56.8. The van der Waals surface area contributed by atoms with E-state index in [9.17, 15) is 19.2 Å². The highest BCUT2D eigenvalue weighted by Gasteiger charge is 2.42. The van der Waals surface area contributed by atoms with Crippen LogP contribution in [0, 0.1) is 0 Å². The number of likely N-dealkylation sites (tertiary alicyclic amines) is 1. The maximum atomic E-state index is 12.9. The average Bonchev–Trinajstić information content (AvgIpc) is 3.29. The standard InChI is InChI=1S/C20H14Cl2N2O5/c21-11-7-8-15(22)14(10-11)17(25)23-9-3-6-16(23)20(28)29-24-18(26)12-4-1-2-5-13(12)19(24)27/h1-2,4-5,7-8,10,16H,3,6,9H2. The smallest absolute Gasteiger partial charge is 0.327 e. The van der Waals surface area contributed by atoms with Gasteiger partial charge >= 0.3 is 5.97 Å². The normalized spacial score (nSPS) is 18.2. The second kappa shape index (κ2) is 7.50. The number of rotatable bonds is 3. The predicted molar refractivity (Wildman–Crippen MR) is 104 cm³/mol. The molecule has 2 aromatic rings. The minimum Gasteiger partial charge on any atom is -0.327 e. The van der Waals surface area contributed by atoms with Crippen LogP contribution in [0.3, 0.4) is 0 Å². The number of carbonyl (C=O) groups excluding carboxylic acids is 4. The van der Waals surface area contributed by atoms with E-state index >= 15 is 0 Å². The van der Waals surface area contributed by atoms with Gasteiger partial charge in [-0.25, -0.2) is 4.79 Å². The zero-order chi connectivity index (χ0) is 20.7. The van der Waals surface area contributed by atoms with Gasteiger partial charge in [0.15, 0.2) is 0 Å². The molecule has 2 heterocycles. The predicted octanol–water partition coefficient (Wildman–Crippen LogP) is 3.35. The van der Waals surface area contributed by atoms with Gasteiger partial charge in [-0.05, 0) is 43.2 Å². The third-order valence-corrected chi connectivity index (χ3v) is 5.45. The van der Waals surface area contributed by atoms with E-state index < -0.39 is 29.7 Å². The molecule has 29 heavy (non-hydrogen) atoms. The minimum atomic E-state index is -0.943. The summed E-state index contributed by atoms with van der Waals surface area (Å²) in [5.41, 5.74) is 0.491. The van der Waals surface area contributed by atoms with E-state index in [-0.39, 0.29) is 21.7 Å². The molecule has 0 radical (unpaired) electrons. The molecule has 0 saturated carbocycles. The van der Waals surface area contributed by atoms with Crippen LogP contribution in [0.5, 0.6) is 0 Å². The number of imide groups is 1. The van der Waals surface area contributed by atoms with E-state index in [1.807, 2.05) is 0 Å². The number of halogens is 2. The number of nitrogens with zero attached hydrogens (tertiary/aromatic N) is 2. The van der Waals surface area contributed by atoms with Crippen molar-refractivity contribution in [1.29, 1.82) is 0 Å². The molecule has 2 aliphatic heterocycles. The van der Waals surface area contributed by atoms with Gasteiger partial charge in [0.1, 0.15) is 6.04 Å². The summed E-state index contributed by atoms with van der Waals surface area (Å²) in [5.74, 6) is -2.76. The third-order valence-electron chi connectivity index (χ3n) is 4.88. The Labute approximate surface area is 175 Å². The van der Waals surface area contributed by atoms with Crippen molar-refractivity contribution in [2.45, 2.75) is 18.9 Å². The maximum absolute atomic E-state index is 12.9. The molecule has 1 unspecified atom stereocenters. The van der Waals surface area contributed by atoms with Crippen LogP contribution < -0.4 is 0 Å². The SMILES string of the molecule is O=C(ON1C(=O)c2ccccc2C1=O)C1CCCN1C(=O)c1cc(Cl)ccc1Cl. The van der Waals surface area contributed by atoms with Crippen molar-refractivity contribution in [1.82, 2.24) is 9.96 Å². The van der Waals surface area contributed by atoms with E-state index in [0.29, 0.717) is 29.5 Å². The van der Waals surface area contributed by atoms with Gasteiger partial charge in [-0.1, -0.05) is 40.4 Å². The van der Waals surface area contributed by atoms with Crippen LogP contribution in [-0.4, -0.2) is 46.2 Å². The number of hydrogen-bond acceptors (Lipinski definition) is 5. The van der Waals surface area contributed by atoms with Crippen molar-refractivity contribution in [2.75, 3.05) is 6.54 Å². The number of hydroxylamine groups is 2. The van der Waals surface area contributed by atoms with E-state index in [0.717, 1.165) is 0 Å². The van der Waals surface area contributed by atoms with Gasteiger partial charge in [-0.2, -0.15) is 0 Å². The molecule has 1 fully saturated rings. The van der Waals surface area contributed by atoms with E-state index in [1.165, 1.54) is 29.2 Å². The molecule has 1 saturated heterocycles. The quantitative estimate of drug-likeness (QED) is 0.694. The largest absolute Gasteiger partial charge is 0.355 e. The van der Waals surface area contributed by atoms with Gasteiger partial charge in [0, 0.05) is 11.6 Å². The number of fused-ring (bicyclic) bond motifs is 1. The lowest BCUT2D eigenvalue weighted by atomic mass is 10.1. The number of carbonyl (C=O) groups is 4. The van der Waals surface area contributed by atoms with Crippen LogP contribution in [0.15, 0.2) is 42.5 Å². The molecule has 0 bridgehead atoms. The van der Waals surface area contributed by atoms with Crippen molar-refractivity contribution in [3.63, 3.8) is 0 Å². The summed E-state index contributed by atoms with van der Waals surface area (Å²) in [6, 6.07) is 9.73. The molecule has 0 aromatic heterocycles. The van der Waals surface area contributed by atoms with Crippen molar-refractivity contribution in [3.8, 4) is 0 Å². The number of benzene rings is 2. The molecule has 9 heteroatoms. The molecular weight excluding hydrogens is 419 g/mol. The van der Waals surface area contributed by atoms with Gasteiger partial charge in [-0.15, -0.1) is 0 Å². The Balaban J connectivity index is 1.53. The fourth-order valence-corrected chi connectivity index (χ4v) is 3.84. The third kappa shape index (κ3) is 3.36. The molecule has 7 nitrogen and oxygen atoms in total. The highest BCUT2D eigenvalue weighted by atomic mass is 35.5. The minimum absolute atomic E-state index is 0.162. The summed E-state index contributed by atoms with van der Waals surface area (Å²) < 4.78 is 0. The second-order valence-electron chi connectivity index (χ2n) is 6.64. The topological polar surface area (TPSA) is 84.0 Å². The fraction of sp³-hybridized carbons (Fsp3) is 0.200. The lowest BCUT2D eigenvalue weighted by Crippen LogP contribution is -2.45.